The molecular weight excluding hydrogens is 378 g/mol. The van der Waals surface area contributed by atoms with E-state index in [1.807, 2.05) is 18.2 Å². The first-order valence-corrected chi connectivity index (χ1v) is 11.2. The number of thiazole rings is 1. The first-order valence-electron chi connectivity index (χ1n) is 10.4. The molecule has 0 bridgehead atoms. The summed E-state index contributed by atoms with van der Waals surface area (Å²) in [5.41, 5.74) is 4.41. The maximum absolute atomic E-state index is 12.9. The van der Waals surface area contributed by atoms with Gasteiger partial charge in [-0.15, -0.1) is 11.3 Å². The Bertz CT molecular complexity index is 933. The van der Waals surface area contributed by atoms with Crippen molar-refractivity contribution in [2.45, 2.75) is 52.5 Å². The number of rotatable bonds is 7. The third kappa shape index (κ3) is 4.85. The molecule has 3 aromatic rings. The van der Waals surface area contributed by atoms with Gasteiger partial charge in [-0.2, -0.15) is 0 Å². The van der Waals surface area contributed by atoms with Crippen LogP contribution in [0.1, 0.15) is 68.6 Å². The fourth-order valence-corrected chi connectivity index (χ4v) is 4.68. The van der Waals surface area contributed by atoms with Crippen molar-refractivity contribution in [2.24, 2.45) is 0 Å². The number of benzene rings is 2. The molecule has 1 aromatic heterocycles. The Hall–Kier alpha value is -2.24. The van der Waals surface area contributed by atoms with Crippen LogP contribution in [0.25, 0.3) is 10.2 Å². The summed E-state index contributed by atoms with van der Waals surface area (Å²) in [6.45, 7) is 11.2. The second-order valence-electron chi connectivity index (χ2n) is 8.43. The van der Waals surface area contributed by atoms with Crippen LogP contribution in [-0.4, -0.2) is 24.5 Å². The summed E-state index contributed by atoms with van der Waals surface area (Å²) in [6.07, 6.45) is 0. The second kappa shape index (κ2) is 9.06. The van der Waals surface area contributed by atoms with E-state index in [2.05, 4.69) is 71.2 Å². The molecule has 3 rings (SSSR count). The summed E-state index contributed by atoms with van der Waals surface area (Å²) in [6, 6.07) is 14.7. The minimum atomic E-state index is 0.0467. The quantitative estimate of drug-likeness (QED) is 0.590. The van der Waals surface area contributed by atoms with E-state index in [0.29, 0.717) is 18.4 Å². The van der Waals surface area contributed by atoms with Gasteiger partial charge in [-0.05, 0) is 42.0 Å². The lowest BCUT2D eigenvalue weighted by atomic mass is 9.92. The van der Waals surface area contributed by atoms with E-state index in [0.717, 1.165) is 21.1 Å². The van der Waals surface area contributed by atoms with Gasteiger partial charge in [0.15, 0.2) is 11.6 Å². The molecule has 0 spiro atoms. The SMILES string of the molecule is CC(C)c1cccc(C(C)C)c1NC(=O)C[NH+](C)[C@@H](C)c1nc2ccccc2s1. The number of nitrogens with one attached hydrogen (secondary N) is 2. The lowest BCUT2D eigenvalue weighted by Gasteiger charge is -2.22. The average molecular weight is 411 g/mol. The van der Waals surface area contributed by atoms with Crippen LogP contribution in [-0.2, 0) is 4.79 Å². The molecule has 1 amide bonds. The topological polar surface area (TPSA) is 46.4 Å². The van der Waals surface area contributed by atoms with Crippen molar-refractivity contribution in [2.75, 3.05) is 18.9 Å². The fourth-order valence-electron chi connectivity index (χ4n) is 3.57. The van der Waals surface area contributed by atoms with Crippen molar-refractivity contribution >= 4 is 33.1 Å². The molecule has 0 aliphatic rings. The molecule has 0 radical (unpaired) electrons. The van der Waals surface area contributed by atoms with Gasteiger partial charge in [-0.1, -0.05) is 58.0 Å². The number of hydrogen-bond donors (Lipinski definition) is 2. The summed E-state index contributed by atoms with van der Waals surface area (Å²) in [5.74, 6) is 0.761. The number of fused-ring (bicyclic) bond motifs is 1. The molecule has 0 fully saturated rings. The smallest absolute Gasteiger partial charge is 0.279 e. The molecule has 0 saturated carbocycles. The molecule has 5 heteroatoms. The lowest BCUT2D eigenvalue weighted by Crippen LogP contribution is -3.10. The van der Waals surface area contributed by atoms with Crippen molar-refractivity contribution in [1.82, 2.24) is 4.98 Å². The number of likely N-dealkylation sites (N-methyl/N-ethyl adjacent to an activating group) is 1. The highest BCUT2D eigenvalue weighted by Crippen LogP contribution is 2.32. The Balaban J connectivity index is 1.75. The average Bonchev–Trinajstić information content (AvgIpc) is 3.11. The summed E-state index contributed by atoms with van der Waals surface area (Å²) in [4.78, 5) is 18.8. The van der Waals surface area contributed by atoms with E-state index >= 15 is 0 Å². The van der Waals surface area contributed by atoms with Crippen LogP contribution in [0.5, 0.6) is 0 Å². The third-order valence-corrected chi connectivity index (χ3v) is 6.72. The Morgan fingerprint density at radius 2 is 1.62 bits per heavy atom. The molecule has 154 valence electrons. The standard InChI is InChI=1S/C24H31N3OS/c1-15(2)18-10-9-11-19(16(3)4)23(18)26-22(28)14-27(6)17(5)24-25-20-12-7-8-13-21(20)29-24/h7-13,15-17H,14H2,1-6H3,(H,26,28)/p+1/t17-/m0/s1. The van der Waals surface area contributed by atoms with Gasteiger partial charge in [0.05, 0.1) is 17.3 Å². The monoisotopic (exact) mass is 410 g/mol. The van der Waals surface area contributed by atoms with E-state index in [1.54, 1.807) is 11.3 Å². The molecule has 29 heavy (non-hydrogen) atoms. The van der Waals surface area contributed by atoms with E-state index in [9.17, 15) is 4.79 Å². The van der Waals surface area contributed by atoms with E-state index < -0.39 is 0 Å². The molecule has 2 aromatic carbocycles. The fraction of sp³-hybridized carbons (Fsp3) is 0.417. The van der Waals surface area contributed by atoms with E-state index in [4.69, 9.17) is 4.98 Å². The van der Waals surface area contributed by atoms with Gasteiger partial charge in [0.2, 0.25) is 0 Å². The van der Waals surface area contributed by atoms with Crippen LogP contribution >= 0.6 is 11.3 Å². The lowest BCUT2D eigenvalue weighted by molar-refractivity contribution is -0.902. The van der Waals surface area contributed by atoms with Crippen molar-refractivity contribution in [1.29, 1.82) is 0 Å². The summed E-state index contributed by atoms with van der Waals surface area (Å²) < 4.78 is 1.19. The molecule has 4 nitrogen and oxygen atoms in total. The van der Waals surface area contributed by atoms with Gasteiger partial charge in [-0.3, -0.25) is 4.79 Å². The maximum Gasteiger partial charge on any atom is 0.279 e. The Labute approximate surface area is 178 Å². The number of para-hydroxylation sites is 2. The summed E-state index contributed by atoms with van der Waals surface area (Å²) in [5, 5.41) is 4.30. The number of amides is 1. The highest BCUT2D eigenvalue weighted by Gasteiger charge is 2.23. The van der Waals surface area contributed by atoms with Gasteiger partial charge in [-0.25, -0.2) is 4.98 Å². The van der Waals surface area contributed by atoms with Gasteiger partial charge >= 0.3 is 0 Å². The largest absolute Gasteiger partial charge is 0.322 e. The van der Waals surface area contributed by atoms with Gasteiger partial charge < -0.3 is 10.2 Å². The number of nitrogens with zero attached hydrogens (tertiary/aromatic N) is 1. The van der Waals surface area contributed by atoms with Crippen LogP contribution in [0.4, 0.5) is 5.69 Å². The highest BCUT2D eigenvalue weighted by molar-refractivity contribution is 7.18. The number of quaternary nitrogens is 1. The normalized spacial score (nSPS) is 13.8. The number of anilines is 1. The first-order chi connectivity index (χ1) is 13.8. The Morgan fingerprint density at radius 3 is 2.21 bits per heavy atom. The van der Waals surface area contributed by atoms with Crippen LogP contribution in [0.15, 0.2) is 42.5 Å². The number of carbonyl (C=O) groups excluding carboxylic acids is 1. The Kier molecular flexibility index (Phi) is 6.70. The molecule has 0 aliphatic heterocycles. The van der Waals surface area contributed by atoms with Crippen molar-refractivity contribution in [3.8, 4) is 0 Å². The summed E-state index contributed by atoms with van der Waals surface area (Å²) >= 11 is 1.71. The number of hydrogen-bond acceptors (Lipinski definition) is 3. The molecule has 1 heterocycles. The predicted molar refractivity (Wildman–Crippen MR) is 123 cm³/mol. The zero-order valence-corrected chi connectivity index (χ0v) is 19.1. The van der Waals surface area contributed by atoms with Crippen molar-refractivity contribution in [3.63, 3.8) is 0 Å². The number of carbonyl (C=O) groups is 1. The van der Waals surface area contributed by atoms with Crippen LogP contribution in [0.3, 0.4) is 0 Å². The maximum atomic E-state index is 12.9. The van der Waals surface area contributed by atoms with Crippen LogP contribution < -0.4 is 10.2 Å². The van der Waals surface area contributed by atoms with E-state index in [1.165, 1.54) is 15.8 Å². The van der Waals surface area contributed by atoms with Crippen LogP contribution in [0.2, 0.25) is 0 Å². The first kappa shape index (κ1) is 21.5. The summed E-state index contributed by atoms with van der Waals surface area (Å²) in [7, 11) is 2.06. The zero-order chi connectivity index (χ0) is 21.1. The second-order valence-corrected chi connectivity index (χ2v) is 9.50. The molecule has 2 N–H and O–H groups in total. The van der Waals surface area contributed by atoms with Crippen molar-refractivity contribution in [3.05, 3.63) is 58.6 Å². The van der Waals surface area contributed by atoms with E-state index in [-0.39, 0.29) is 11.9 Å². The van der Waals surface area contributed by atoms with Gasteiger partial charge in [0, 0.05) is 5.69 Å². The van der Waals surface area contributed by atoms with Crippen molar-refractivity contribution < 1.29 is 9.69 Å². The molecule has 0 aliphatic carbocycles. The molecule has 1 unspecified atom stereocenters. The third-order valence-electron chi connectivity index (χ3n) is 5.50. The van der Waals surface area contributed by atoms with Gasteiger partial charge in [0.25, 0.3) is 5.91 Å². The Morgan fingerprint density at radius 1 is 1.00 bits per heavy atom. The van der Waals surface area contributed by atoms with Gasteiger partial charge in [0.1, 0.15) is 6.04 Å². The molecule has 0 saturated heterocycles. The highest BCUT2D eigenvalue weighted by atomic mass is 32.1. The zero-order valence-electron chi connectivity index (χ0n) is 18.2. The van der Waals surface area contributed by atoms with Crippen LogP contribution in [0, 0.1) is 0 Å². The minimum absolute atomic E-state index is 0.0467. The molecular formula is C24H32N3OS+. The number of aromatic nitrogens is 1. The minimum Gasteiger partial charge on any atom is -0.322 e. The molecule has 2 atom stereocenters. The predicted octanol–water partition coefficient (Wildman–Crippen LogP) is 4.76.